The van der Waals surface area contributed by atoms with Gasteiger partial charge in [-0.2, -0.15) is 0 Å². The Bertz CT molecular complexity index is 1200. The molecule has 5 rings (SSSR count). The fourth-order valence-electron chi connectivity index (χ4n) is 5.03. The van der Waals surface area contributed by atoms with E-state index in [1.807, 2.05) is 6.07 Å². The second-order valence-electron chi connectivity index (χ2n) is 8.50. The summed E-state index contributed by atoms with van der Waals surface area (Å²) in [6, 6.07) is 25.5. The molecule has 4 nitrogen and oxygen atoms in total. The van der Waals surface area contributed by atoms with E-state index in [0.29, 0.717) is 12.5 Å². The number of aromatic nitrogens is 1. The van der Waals surface area contributed by atoms with Gasteiger partial charge >= 0.3 is 0 Å². The molecule has 1 aromatic heterocycles. The smallest absolute Gasteiger partial charge is 0.238 e. The number of nitrogens with zero attached hydrogens (tertiary/aromatic N) is 2. The van der Waals surface area contributed by atoms with Crippen molar-refractivity contribution in [3.63, 3.8) is 0 Å². The van der Waals surface area contributed by atoms with Gasteiger partial charge in [-0.3, -0.25) is 9.69 Å². The van der Waals surface area contributed by atoms with Gasteiger partial charge in [-0.05, 0) is 68.6 Å². The summed E-state index contributed by atoms with van der Waals surface area (Å²) in [4.78, 5) is 15.0. The second kappa shape index (κ2) is 8.56. The molecule has 0 saturated carbocycles. The predicted octanol–water partition coefficient (Wildman–Crippen LogP) is 5.63. The van der Waals surface area contributed by atoms with Gasteiger partial charge in [-0.25, -0.2) is 0 Å². The zero-order chi connectivity index (χ0) is 21.2. The van der Waals surface area contributed by atoms with Crippen LogP contribution in [0.3, 0.4) is 0 Å². The molecule has 0 spiro atoms. The molecule has 1 N–H and O–H groups in total. The van der Waals surface area contributed by atoms with Crippen LogP contribution in [0.15, 0.2) is 72.8 Å². The van der Waals surface area contributed by atoms with E-state index < -0.39 is 0 Å². The van der Waals surface area contributed by atoms with Gasteiger partial charge < -0.3 is 9.88 Å². The SMILES string of the molecule is CCn1c2ccccc2c2cc(NC(=O)CN3CCC(c4ccccc4)CC3)ccc21. The normalized spacial score (nSPS) is 15.5. The van der Waals surface area contributed by atoms with Crippen LogP contribution in [0.2, 0.25) is 0 Å². The summed E-state index contributed by atoms with van der Waals surface area (Å²) in [7, 11) is 0. The maximum absolute atomic E-state index is 12.7. The highest BCUT2D eigenvalue weighted by Gasteiger charge is 2.22. The molecule has 3 aromatic carbocycles. The van der Waals surface area contributed by atoms with E-state index in [9.17, 15) is 4.79 Å². The van der Waals surface area contributed by atoms with Crippen LogP contribution in [-0.2, 0) is 11.3 Å². The average Bonchev–Trinajstić information content (AvgIpc) is 3.13. The lowest BCUT2D eigenvalue weighted by Crippen LogP contribution is -2.38. The predicted molar refractivity (Wildman–Crippen MR) is 129 cm³/mol. The van der Waals surface area contributed by atoms with E-state index in [0.717, 1.165) is 38.2 Å². The number of carbonyl (C=O) groups excluding carboxylic acids is 1. The summed E-state index contributed by atoms with van der Waals surface area (Å²) in [5.74, 6) is 0.676. The van der Waals surface area contributed by atoms with Gasteiger partial charge in [0.15, 0.2) is 0 Å². The highest BCUT2D eigenvalue weighted by atomic mass is 16.2. The van der Waals surface area contributed by atoms with Crippen molar-refractivity contribution in [1.29, 1.82) is 0 Å². The van der Waals surface area contributed by atoms with Gasteiger partial charge in [0.1, 0.15) is 0 Å². The Balaban J connectivity index is 1.25. The summed E-state index contributed by atoms with van der Waals surface area (Å²) in [6.45, 7) is 5.49. The first-order valence-electron chi connectivity index (χ1n) is 11.3. The molecule has 4 heteroatoms. The number of hydrogen-bond acceptors (Lipinski definition) is 2. The van der Waals surface area contributed by atoms with Gasteiger partial charge in [0.05, 0.1) is 6.54 Å². The number of carbonyl (C=O) groups is 1. The Kier molecular flexibility index (Phi) is 5.47. The van der Waals surface area contributed by atoms with E-state index in [1.165, 1.54) is 27.4 Å². The van der Waals surface area contributed by atoms with Crippen LogP contribution in [0.5, 0.6) is 0 Å². The number of para-hydroxylation sites is 1. The summed E-state index contributed by atoms with van der Waals surface area (Å²) in [5, 5.41) is 5.55. The zero-order valence-corrected chi connectivity index (χ0v) is 18.1. The van der Waals surface area contributed by atoms with E-state index in [-0.39, 0.29) is 5.91 Å². The molecule has 0 radical (unpaired) electrons. The van der Waals surface area contributed by atoms with E-state index >= 15 is 0 Å². The number of likely N-dealkylation sites (tertiary alicyclic amines) is 1. The van der Waals surface area contributed by atoms with E-state index in [2.05, 4.69) is 88.4 Å². The van der Waals surface area contributed by atoms with Crippen molar-refractivity contribution in [2.24, 2.45) is 0 Å². The molecule has 1 aliphatic rings. The Morgan fingerprint density at radius 3 is 2.39 bits per heavy atom. The Hall–Kier alpha value is -3.11. The van der Waals surface area contributed by atoms with Crippen LogP contribution < -0.4 is 5.32 Å². The number of nitrogens with one attached hydrogen (secondary N) is 1. The molecule has 1 aliphatic heterocycles. The lowest BCUT2D eigenvalue weighted by Gasteiger charge is -2.31. The Morgan fingerprint density at radius 2 is 1.61 bits per heavy atom. The Morgan fingerprint density at radius 1 is 0.903 bits per heavy atom. The number of fused-ring (bicyclic) bond motifs is 3. The van der Waals surface area contributed by atoms with Crippen LogP contribution in [0.25, 0.3) is 21.8 Å². The van der Waals surface area contributed by atoms with Crippen molar-refractivity contribution in [1.82, 2.24) is 9.47 Å². The summed E-state index contributed by atoms with van der Waals surface area (Å²) >= 11 is 0. The topological polar surface area (TPSA) is 37.3 Å². The lowest BCUT2D eigenvalue weighted by atomic mass is 9.89. The van der Waals surface area contributed by atoms with Crippen molar-refractivity contribution >= 4 is 33.4 Å². The third kappa shape index (κ3) is 3.96. The molecule has 1 fully saturated rings. The van der Waals surface area contributed by atoms with Crippen LogP contribution in [0.4, 0.5) is 5.69 Å². The number of rotatable bonds is 5. The van der Waals surface area contributed by atoms with Gasteiger partial charge in [0.25, 0.3) is 0 Å². The van der Waals surface area contributed by atoms with Gasteiger partial charge in [-0.15, -0.1) is 0 Å². The van der Waals surface area contributed by atoms with Crippen LogP contribution in [0.1, 0.15) is 31.2 Å². The molecule has 0 aliphatic carbocycles. The standard InChI is InChI=1S/C27H29N3O/c1-2-30-25-11-7-6-10-23(25)24-18-22(12-13-26(24)30)28-27(31)19-29-16-14-21(15-17-29)20-8-4-3-5-9-20/h3-13,18,21H,2,14-17,19H2,1H3,(H,28,31). The first-order chi connectivity index (χ1) is 15.2. The fourth-order valence-corrected chi connectivity index (χ4v) is 5.03. The molecule has 1 amide bonds. The molecule has 0 bridgehead atoms. The number of benzene rings is 3. The van der Waals surface area contributed by atoms with Crippen LogP contribution in [-0.4, -0.2) is 35.0 Å². The monoisotopic (exact) mass is 411 g/mol. The number of anilines is 1. The van der Waals surface area contributed by atoms with Gasteiger partial charge in [-0.1, -0.05) is 48.5 Å². The highest BCUT2D eigenvalue weighted by molar-refractivity contribution is 6.09. The lowest BCUT2D eigenvalue weighted by molar-refractivity contribution is -0.117. The highest BCUT2D eigenvalue weighted by Crippen LogP contribution is 2.31. The molecule has 31 heavy (non-hydrogen) atoms. The number of amides is 1. The third-order valence-electron chi connectivity index (χ3n) is 6.60. The molecular formula is C27H29N3O. The molecule has 0 unspecified atom stereocenters. The first-order valence-corrected chi connectivity index (χ1v) is 11.3. The quantitative estimate of drug-likeness (QED) is 0.462. The van der Waals surface area contributed by atoms with Gasteiger partial charge in [0.2, 0.25) is 5.91 Å². The largest absolute Gasteiger partial charge is 0.341 e. The second-order valence-corrected chi connectivity index (χ2v) is 8.50. The summed E-state index contributed by atoms with van der Waals surface area (Å²) in [6.07, 6.45) is 2.22. The van der Waals surface area contributed by atoms with Crippen molar-refractivity contribution in [2.45, 2.75) is 32.2 Å². The maximum Gasteiger partial charge on any atom is 0.238 e. The fraction of sp³-hybridized carbons (Fsp3) is 0.296. The minimum absolute atomic E-state index is 0.0664. The van der Waals surface area contributed by atoms with E-state index in [1.54, 1.807) is 0 Å². The molecule has 1 saturated heterocycles. The number of aryl methyl sites for hydroxylation is 1. The van der Waals surface area contributed by atoms with Crippen molar-refractivity contribution < 1.29 is 4.79 Å². The Labute approximate surface area is 183 Å². The molecule has 2 heterocycles. The van der Waals surface area contributed by atoms with Gasteiger partial charge in [0, 0.05) is 34.0 Å². The minimum atomic E-state index is 0.0664. The first kappa shape index (κ1) is 19.8. The molecule has 0 atom stereocenters. The summed E-state index contributed by atoms with van der Waals surface area (Å²) < 4.78 is 2.33. The average molecular weight is 412 g/mol. The minimum Gasteiger partial charge on any atom is -0.341 e. The van der Waals surface area contributed by atoms with Crippen LogP contribution in [0, 0.1) is 0 Å². The van der Waals surface area contributed by atoms with Crippen molar-refractivity contribution in [3.05, 3.63) is 78.4 Å². The third-order valence-corrected chi connectivity index (χ3v) is 6.60. The maximum atomic E-state index is 12.7. The summed E-state index contributed by atoms with van der Waals surface area (Å²) in [5.41, 5.74) is 4.75. The van der Waals surface area contributed by atoms with Crippen molar-refractivity contribution in [3.8, 4) is 0 Å². The van der Waals surface area contributed by atoms with Crippen molar-refractivity contribution in [2.75, 3.05) is 25.0 Å². The zero-order valence-electron chi connectivity index (χ0n) is 18.1. The molecule has 4 aromatic rings. The number of piperidine rings is 1. The van der Waals surface area contributed by atoms with Crippen LogP contribution >= 0.6 is 0 Å². The van der Waals surface area contributed by atoms with E-state index in [4.69, 9.17) is 0 Å². The molecule has 158 valence electrons. The molecular weight excluding hydrogens is 382 g/mol. The number of hydrogen-bond donors (Lipinski definition) is 1.